The van der Waals surface area contributed by atoms with Gasteiger partial charge in [0.25, 0.3) is 0 Å². The zero-order chi connectivity index (χ0) is 32.5. The molecule has 0 atom stereocenters. The molecule has 0 aromatic heterocycles. The van der Waals surface area contributed by atoms with E-state index in [9.17, 15) is 0 Å². The molecular weight excluding hydrogens is 795 g/mol. The first-order chi connectivity index (χ1) is 23.6. The first kappa shape index (κ1) is 37.9. The Hall–Kier alpha value is -4.37. The molecule has 0 aliphatic rings. The topological polar surface area (TPSA) is 0 Å². The first-order valence-corrected chi connectivity index (χ1v) is 20.0. The van der Waals surface area contributed by atoms with E-state index in [0.717, 1.165) is 0 Å². The molecule has 0 heterocycles. The summed E-state index contributed by atoms with van der Waals surface area (Å²) in [5, 5.41) is 8.68. The smallest absolute Gasteiger partial charge is 0.358 e. The van der Waals surface area contributed by atoms with E-state index in [1.165, 1.54) is 84.9 Å². The van der Waals surface area contributed by atoms with E-state index >= 15 is 0 Å². The molecule has 0 spiro atoms. The third-order valence-electron chi connectivity index (χ3n) is 10.3. The van der Waals surface area contributed by atoms with Gasteiger partial charge in [-0.1, -0.05) is 189 Å². The van der Waals surface area contributed by atoms with Gasteiger partial charge < -0.3 is 14.9 Å². The van der Waals surface area contributed by atoms with Crippen LogP contribution in [0.4, 0.5) is 0 Å². The summed E-state index contributed by atoms with van der Waals surface area (Å²) in [5.74, 6) is 0. The van der Waals surface area contributed by atoms with E-state index in [1.807, 2.05) is 0 Å². The molecule has 8 aromatic carbocycles. The molecule has 0 fully saturated rings. The second kappa shape index (κ2) is 16.3. The second-order valence-corrected chi connectivity index (χ2v) is 17.5. The Balaban J connectivity index is 0.00000168. The maximum Gasteiger partial charge on any atom is 4.00 e. The average molecular weight is 841 g/mol. The van der Waals surface area contributed by atoms with Crippen LogP contribution in [0.3, 0.4) is 0 Å². The van der Waals surface area contributed by atoms with Crippen molar-refractivity contribution < 1.29 is 25.8 Å². The van der Waals surface area contributed by atoms with E-state index in [2.05, 4.69) is 183 Å². The van der Waals surface area contributed by atoms with Crippen molar-refractivity contribution >= 4 is 40.0 Å². The third kappa shape index (κ3) is 7.10. The van der Waals surface area contributed by atoms with Crippen molar-refractivity contribution in [2.75, 3.05) is 0 Å². The van der Waals surface area contributed by atoms with E-state index < -0.39 is 8.07 Å². The van der Waals surface area contributed by atoms with Crippen molar-refractivity contribution in [3.05, 3.63) is 185 Å². The van der Waals surface area contributed by atoms with E-state index in [4.69, 9.17) is 0 Å². The summed E-state index contributed by atoms with van der Waals surface area (Å²) in [5.41, 5.74) is 10.4. The minimum atomic E-state index is -2.36. The number of rotatable bonds is 9. The van der Waals surface area contributed by atoms with Crippen LogP contribution in [0.2, 0.25) is 12.6 Å². The quantitative estimate of drug-likeness (QED) is 0.100. The maximum atomic E-state index is 2.66. The van der Waals surface area contributed by atoms with Gasteiger partial charge in [-0.2, -0.15) is 0 Å². The van der Waals surface area contributed by atoms with Gasteiger partial charge in [-0.3, -0.25) is 0 Å². The molecule has 250 valence electrons. The van der Waals surface area contributed by atoms with Crippen molar-refractivity contribution in [3.63, 3.8) is 0 Å². The monoisotopic (exact) mass is 842 g/mol. The van der Waals surface area contributed by atoms with Gasteiger partial charge in [0.15, 0.2) is 0 Å². The van der Waals surface area contributed by atoms with Gasteiger partial charge in [-0.05, 0) is 22.3 Å². The molecule has 0 unspecified atom stereocenters. The van der Waals surface area contributed by atoms with Crippen LogP contribution < -0.4 is 10.4 Å². The Bertz CT molecular complexity index is 2150. The Labute approximate surface area is 325 Å². The van der Waals surface area contributed by atoms with Gasteiger partial charge in [0.2, 0.25) is 0 Å². The Morgan fingerprint density at radius 1 is 0.431 bits per heavy atom. The first-order valence-electron chi connectivity index (χ1n) is 17.3. The zero-order valence-corrected chi connectivity index (χ0v) is 34.9. The van der Waals surface area contributed by atoms with Gasteiger partial charge in [0.05, 0.1) is 0 Å². The fourth-order valence-electron chi connectivity index (χ4n) is 7.94. The van der Waals surface area contributed by atoms with Crippen molar-refractivity contribution in [1.29, 1.82) is 0 Å². The Kier molecular flexibility index (Phi) is 12.1. The predicted octanol–water partition coefficient (Wildman–Crippen LogP) is 13.0. The van der Waals surface area contributed by atoms with Crippen LogP contribution >= 0.6 is 0 Å². The van der Waals surface area contributed by atoms with Gasteiger partial charge in [-0.15, -0.1) is 67.3 Å². The standard InChI is InChI=1S/C47H40Si.2CH3.Hf/c1-3-4-31-48(2,46-42-21-13-11-19-40(42)32-44(46)38-27-23-36(24-28-38)34-15-7-5-8-16-34)47-43-22-14-12-20-41(43)33-45(47)39-29-25-37(26-30-39)35-17-9-6-10-18-35;;;/h5-30,32-33H,3-4,31H2,1-2H3;2*1H3;/q-2;2*-1;+4. The predicted molar refractivity (Wildman–Crippen MR) is 224 cm³/mol. The summed E-state index contributed by atoms with van der Waals surface area (Å²) >= 11 is 0. The summed E-state index contributed by atoms with van der Waals surface area (Å²) in [6, 6.07) is 64.4. The van der Waals surface area contributed by atoms with Crippen molar-refractivity contribution in [2.45, 2.75) is 32.4 Å². The van der Waals surface area contributed by atoms with Gasteiger partial charge in [0.1, 0.15) is 0 Å². The largest absolute Gasteiger partial charge is 4.00 e. The van der Waals surface area contributed by atoms with Crippen molar-refractivity contribution in [2.24, 2.45) is 0 Å². The molecule has 0 saturated carbocycles. The summed E-state index contributed by atoms with van der Waals surface area (Å²) in [6.07, 6.45) is 2.39. The van der Waals surface area contributed by atoms with Crippen LogP contribution in [0.15, 0.2) is 170 Å². The Morgan fingerprint density at radius 3 is 1.16 bits per heavy atom. The fourth-order valence-corrected chi connectivity index (χ4v) is 13.0. The van der Waals surface area contributed by atoms with E-state index in [0.29, 0.717) is 0 Å². The third-order valence-corrected chi connectivity index (χ3v) is 15.0. The summed E-state index contributed by atoms with van der Waals surface area (Å²) in [6.45, 7) is 5.00. The molecule has 0 aliphatic heterocycles. The number of hydrogen-bond acceptors (Lipinski definition) is 0. The number of unbranched alkanes of at least 4 members (excludes halogenated alkanes) is 1. The molecule has 0 radical (unpaired) electrons. The number of hydrogen-bond donors (Lipinski definition) is 0. The average Bonchev–Trinajstić information content (AvgIpc) is 3.75. The van der Waals surface area contributed by atoms with Gasteiger partial charge in [-0.25, -0.2) is 0 Å². The maximum absolute atomic E-state index is 2.66. The number of fused-ring (bicyclic) bond motifs is 2. The minimum Gasteiger partial charge on any atom is -0.358 e. The van der Waals surface area contributed by atoms with Crippen LogP contribution in [0, 0.1) is 14.9 Å². The van der Waals surface area contributed by atoms with Crippen LogP contribution in [-0.2, 0) is 25.8 Å². The zero-order valence-electron chi connectivity index (χ0n) is 30.3. The summed E-state index contributed by atoms with van der Waals surface area (Å²) < 4.78 is 0. The molecule has 8 rings (SSSR count). The molecule has 51 heavy (non-hydrogen) atoms. The second-order valence-electron chi connectivity index (χ2n) is 13.4. The summed E-state index contributed by atoms with van der Waals surface area (Å²) in [7, 11) is -2.36. The molecule has 0 N–H and O–H groups in total. The van der Waals surface area contributed by atoms with Crippen molar-refractivity contribution in [1.82, 2.24) is 0 Å². The minimum absolute atomic E-state index is 0. The summed E-state index contributed by atoms with van der Waals surface area (Å²) in [4.78, 5) is 0. The molecule has 0 bridgehead atoms. The van der Waals surface area contributed by atoms with Gasteiger partial charge in [0, 0.05) is 8.07 Å². The van der Waals surface area contributed by atoms with Crippen molar-refractivity contribution in [3.8, 4) is 44.5 Å². The molecular formula is C49H46HfSi. The molecule has 0 aliphatic carbocycles. The van der Waals surface area contributed by atoms with E-state index in [1.54, 1.807) is 10.4 Å². The molecule has 2 heteroatoms. The molecule has 8 aromatic rings. The van der Waals surface area contributed by atoms with Crippen LogP contribution in [0.1, 0.15) is 19.8 Å². The fraction of sp³-hybridized carbons (Fsp3) is 0.102. The van der Waals surface area contributed by atoms with Gasteiger partial charge >= 0.3 is 25.8 Å². The molecule has 0 amide bonds. The normalized spacial score (nSPS) is 11.1. The van der Waals surface area contributed by atoms with Crippen LogP contribution in [0.25, 0.3) is 66.1 Å². The Morgan fingerprint density at radius 2 is 0.765 bits per heavy atom. The molecule has 0 nitrogen and oxygen atoms in total. The SMILES string of the molecule is CCCC[Si](C)(c1c(-c2ccc(-c3ccccc3)cc2)[cH-]c2ccccc12)c1c(-c2ccc(-c3ccccc3)cc2)[cH-]c2ccccc12.[CH3-].[CH3-].[Hf+4]. The van der Waals surface area contributed by atoms with Crippen LogP contribution in [-0.4, -0.2) is 8.07 Å². The van der Waals surface area contributed by atoms with E-state index in [-0.39, 0.29) is 40.7 Å². The van der Waals surface area contributed by atoms with Crippen LogP contribution in [0.5, 0.6) is 0 Å². The molecule has 0 saturated heterocycles. The number of benzene rings is 6.